The summed E-state index contributed by atoms with van der Waals surface area (Å²) in [7, 11) is 5.04. The van der Waals surface area contributed by atoms with Crippen molar-refractivity contribution in [3.63, 3.8) is 0 Å². The molecular formula is C19H25ClN6O4S. The summed E-state index contributed by atoms with van der Waals surface area (Å²) >= 11 is 0. The zero-order valence-electron chi connectivity index (χ0n) is 17.8. The molecule has 0 spiro atoms. The molecule has 0 aliphatic carbocycles. The first-order valence-electron chi connectivity index (χ1n) is 9.60. The van der Waals surface area contributed by atoms with Crippen LogP contribution >= 0.6 is 10.7 Å². The number of H-pyrrole nitrogens is 1. The molecule has 1 aliphatic rings. The molecule has 1 saturated heterocycles. The molecule has 0 atom stereocenters. The minimum absolute atomic E-state index is 0.124. The topological polar surface area (TPSA) is 122 Å². The van der Waals surface area contributed by atoms with Gasteiger partial charge in [0, 0.05) is 36.9 Å². The van der Waals surface area contributed by atoms with Gasteiger partial charge in [0.05, 0.1) is 23.3 Å². The normalized spacial score (nSPS) is 14.9. The van der Waals surface area contributed by atoms with Gasteiger partial charge in [-0.2, -0.15) is 0 Å². The lowest BCUT2D eigenvalue weighted by atomic mass is 10.2. The maximum Gasteiger partial charge on any atom is 0.277 e. The van der Waals surface area contributed by atoms with E-state index >= 15 is 0 Å². The standard InChI is InChI=1S/C14H13ClN4O4S.C5H12N2/c1-7-12-14(20)17-13(18-19(12)8(2)16-7)10-6-9(24(15,21)22)4-5-11(10)23-3;1-7-4-2-6-3-5-7/h4-6H,1-3H3,(H,17,18,20);6H,2-5H2,1H3. The summed E-state index contributed by atoms with van der Waals surface area (Å²) in [6, 6.07) is 4.05. The first-order chi connectivity index (χ1) is 14.6. The van der Waals surface area contributed by atoms with Gasteiger partial charge in [-0.15, -0.1) is 5.10 Å². The molecule has 2 aromatic heterocycles. The Morgan fingerprint density at radius 3 is 2.42 bits per heavy atom. The van der Waals surface area contributed by atoms with Crippen LogP contribution < -0.4 is 15.6 Å². The molecule has 1 aromatic carbocycles. The molecule has 4 rings (SSSR count). The Kier molecular flexibility index (Phi) is 6.99. The van der Waals surface area contributed by atoms with Gasteiger partial charge in [-0.3, -0.25) is 4.79 Å². The number of likely N-dealkylation sites (N-methyl/N-ethyl adjacent to an activating group) is 1. The summed E-state index contributed by atoms with van der Waals surface area (Å²) < 4.78 is 29.8. The Hall–Kier alpha value is -2.47. The van der Waals surface area contributed by atoms with E-state index in [-0.39, 0.29) is 16.3 Å². The fraction of sp³-hybridized carbons (Fsp3) is 0.421. The highest BCUT2D eigenvalue weighted by Crippen LogP contribution is 2.30. The molecule has 168 valence electrons. The van der Waals surface area contributed by atoms with Crippen LogP contribution in [-0.4, -0.2) is 73.2 Å². The highest BCUT2D eigenvalue weighted by molar-refractivity contribution is 8.13. The maximum atomic E-state index is 12.3. The number of hydrogen-bond acceptors (Lipinski definition) is 8. The second kappa shape index (κ2) is 9.35. The number of methoxy groups -OCH3 is 1. The van der Waals surface area contributed by atoms with Gasteiger partial charge in [-0.1, -0.05) is 0 Å². The zero-order chi connectivity index (χ0) is 22.8. The number of aryl methyl sites for hydroxylation is 2. The predicted octanol–water partition coefficient (Wildman–Crippen LogP) is 1.16. The van der Waals surface area contributed by atoms with Crippen molar-refractivity contribution in [1.29, 1.82) is 0 Å². The van der Waals surface area contributed by atoms with Gasteiger partial charge >= 0.3 is 0 Å². The molecule has 2 N–H and O–H groups in total. The second-order valence-electron chi connectivity index (χ2n) is 7.16. The van der Waals surface area contributed by atoms with Crippen molar-refractivity contribution in [3.8, 4) is 17.1 Å². The predicted molar refractivity (Wildman–Crippen MR) is 118 cm³/mol. The lowest BCUT2D eigenvalue weighted by molar-refractivity contribution is 0.291. The lowest BCUT2D eigenvalue weighted by Gasteiger charge is -2.21. The Morgan fingerprint density at radius 2 is 1.87 bits per heavy atom. The average Bonchev–Trinajstić information content (AvgIpc) is 3.02. The van der Waals surface area contributed by atoms with Gasteiger partial charge in [0.15, 0.2) is 11.3 Å². The minimum Gasteiger partial charge on any atom is -0.496 e. The van der Waals surface area contributed by atoms with Crippen molar-refractivity contribution in [3.05, 3.63) is 40.1 Å². The van der Waals surface area contributed by atoms with Crippen LogP contribution in [0.3, 0.4) is 0 Å². The van der Waals surface area contributed by atoms with E-state index in [4.69, 9.17) is 15.4 Å². The first-order valence-corrected chi connectivity index (χ1v) is 11.9. The molecule has 12 heteroatoms. The van der Waals surface area contributed by atoms with E-state index in [1.165, 1.54) is 42.9 Å². The summed E-state index contributed by atoms with van der Waals surface area (Å²) in [4.78, 5) is 21.4. The number of hydrogen-bond donors (Lipinski definition) is 2. The Morgan fingerprint density at radius 1 is 1.19 bits per heavy atom. The monoisotopic (exact) mass is 468 g/mol. The van der Waals surface area contributed by atoms with Crippen LogP contribution in [0.25, 0.3) is 16.9 Å². The molecule has 0 unspecified atom stereocenters. The van der Waals surface area contributed by atoms with Crippen molar-refractivity contribution in [2.75, 3.05) is 40.3 Å². The number of rotatable bonds is 3. The summed E-state index contributed by atoms with van der Waals surface area (Å²) in [5.41, 5.74) is 0.788. The molecular weight excluding hydrogens is 444 g/mol. The third-order valence-electron chi connectivity index (χ3n) is 4.89. The average molecular weight is 469 g/mol. The smallest absolute Gasteiger partial charge is 0.277 e. The van der Waals surface area contributed by atoms with Gasteiger partial charge in [0.1, 0.15) is 11.6 Å². The summed E-state index contributed by atoms with van der Waals surface area (Å²) in [6.07, 6.45) is 0. The molecule has 0 bridgehead atoms. The van der Waals surface area contributed by atoms with Crippen LogP contribution in [0.2, 0.25) is 0 Å². The van der Waals surface area contributed by atoms with E-state index in [0.717, 1.165) is 13.1 Å². The molecule has 1 aliphatic heterocycles. The fourth-order valence-electron chi connectivity index (χ4n) is 3.25. The number of aromatic nitrogens is 4. The van der Waals surface area contributed by atoms with Gasteiger partial charge in [0.2, 0.25) is 0 Å². The molecule has 1 fully saturated rings. The van der Waals surface area contributed by atoms with Crippen LogP contribution in [0, 0.1) is 13.8 Å². The molecule has 31 heavy (non-hydrogen) atoms. The van der Waals surface area contributed by atoms with Crippen LogP contribution in [0.15, 0.2) is 27.9 Å². The molecule has 10 nitrogen and oxygen atoms in total. The Balaban J connectivity index is 0.000000330. The highest BCUT2D eigenvalue weighted by atomic mass is 35.7. The van der Waals surface area contributed by atoms with Crippen molar-refractivity contribution < 1.29 is 13.2 Å². The van der Waals surface area contributed by atoms with Crippen molar-refractivity contribution >= 4 is 25.2 Å². The number of fused-ring (bicyclic) bond motifs is 1. The van der Waals surface area contributed by atoms with Crippen LogP contribution in [-0.2, 0) is 9.05 Å². The molecule has 0 radical (unpaired) electrons. The third kappa shape index (κ3) is 5.24. The summed E-state index contributed by atoms with van der Waals surface area (Å²) in [5.74, 6) is 1.03. The number of imidazole rings is 1. The van der Waals surface area contributed by atoms with Crippen molar-refractivity contribution in [2.45, 2.75) is 18.7 Å². The number of nitrogens with zero attached hydrogens (tertiary/aromatic N) is 4. The van der Waals surface area contributed by atoms with Crippen molar-refractivity contribution in [2.24, 2.45) is 0 Å². The Labute approximate surface area is 184 Å². The van der Waals surface area contributed by atoms with E-state index in [0.29, 0.717) is 28.3 Å². The third-order valence-corrected chi connectivity index (χ3v) is 6.24. The lowest BCUT2D eigenvalue weighted by Crippen LogP contribution is -2.40. The second-order valence-corrected chi connectivity index (χ2v) is 9.73. The van der Waals surface area contributed by atoms with Crippen molar-refractivity contribution in [1.82, 2.24) is 29.8 Å². The maximum absolute atomic E-state index is 12.3. The largest absolute Gasteiger partial charge is 0.496 e. The van der Waals surface area contributed by atoms with E-state index < -0.39 is 9.05 Å². The van der Waals surface area contributed by atoms with Gasteiger partial charge in [-0.25, -0.2) is 17.9 Å². The van der Waals surface area contributed by atoms with Crippen LogP contribution in [0.5, 0.6) is 5.75 Å². The quantitative estimate of drug-likeness (QED) is 0.549. The first kappa shape index (κ1) is 23.2. The van der Waals surface area contributed by atoms with Crippen LogP contribution in [0.4, 0.5) is 0 Å². The number of aromatic amines is 1. The number of halogens is 1. The molecule has 3 heterocycles. The molecule has 0 amide bonds. The highest BCUT2D eigenvalue weighted by Gasteiger charge is 2.18. The SMILES string of the molecule is CN1CCNCC1.COc1ccc(S(=O)(=O)Cl)cc1-c1nn2c(C)nc(C)c2c(=O)[nH]1. The zero-order valence-corrected chi connectivity index (χ0v) is 19.3. The van der Waals surface area contributed by atoms with Gasteiger partial charge in [0.25, 0.3) is 14.6 Å². The number of nitrogens with one attached hydrogen (secondary N) is 2. The molecule has 0 saturated carbocycles. The fourth-order valence-corrected chi connectivity index (χ4v) is 4.03. The number of piperazine rings is 1. The van der Waals surface area contributed by atoms with E-state index in [1.807, 2.05) is 0 Å². The number of benzene rings is 1. The van der Waals surface area contributed by atoms with Gasteiger partial charge in [-0.05, 0) is 39.1 Å². The van der Waals surface area contributed by atoms with Gasteiger partial charge < -0.3 is 19.9 Å². The molecule has 3 aromatic rings. The minimum atomic E-state index is -3.94. The Bertz CT molecular complexity index is 1250. The van der Waals surface area contributed by atoms with Crippen LogP contribution in [0.1, 0.15) is 11.5 Å². The summed E-state index contributed by atoms with van der Waals surface area (Å²) in [6.45, 7) is 8.17. The number of ether oxygens (including phenoxy) is 1. The summed E-state index contributed by atoms with van der Waals surface area (Å²) in [5, 5.41) is 7.61. The van der Waals surface area contributed by atoms with E-state index in [1.54, 1.807) is 13.8 Å². The van der Waals surface area contributed by atoms with E-state index in [2.05, 4.69) is 32.3 Å². The van der Waals surface area contributed by atoms with E-state index in [9.17, 15) is 13.2 Å².